The molecule has 24 heavy (non-hydrogen) atoms. The maximum absolute atomic E-state index is 12.5. The average molecular weight is 339 g/mol. The van der Waals surface area contributed by atoms with Crippen LogP contribution in [0.25, 0.3) is 0 Å². The summed E-state index contributed by atoms with van der Waals surface area (Å²) in [6.07, 6.45) is 2.92. The number of fused-ring (bicyclic) bond motifs is 2. The molecule has 2 bridgehead atoms. The first-order chi connectivity index (χ1) is 11.4. The molecule has 0 aromatic heterocycles. The zero-order valence-electron chi connectivity index (χ0n) is 15.0. The van der Waals surface area contributed by atoms with Gasteiger partial charge >= 0.3 is 0 Å². The molecule has 4 heterocycles. The van der Waals surface area contributed by atoms with Gasteiger partial charge in [0.05, 0.1) is 0 Å². The van der Waals surface area contributed by atoms with Crippen LogP contribution in [0.2, 0.25) is 0 Å². The van der Waals surface area contributed by atoms with Gasteiger partial charge in [-0.3, -0.25) is 4.79 Å². The minimum absolute atomic E-state index is 0.0511. The van der Waals surface area contributed by atoms with Gasteiger partial charge in [-0.2, -0.15) is 0 Å². The maximum atomic E-state index is 12.5. The Labute approximate surface area is 143 Å². The lowest BCUT2D eigenvalue weighted by Gasteiger charge is -2.60. The minimum Gasteiger partial charge on any atom is -0.354 e. The van der Waals surface area contributed by atoms with E-state index in [4.69, 9.17) is 19.2 Å². The second-order valence-electron chi connectivity index (χ2n) is 8.22. The van der Waals surface area contributed by atoms with Gasteiger partial charge in [0.1, 0.15) is 6.10 Å². The van der Waals surface area contributed by atoms with Gasteiger partial charge in [0.25, 0.3) is 0 Å². The van der Waals surface area contributed by atoms with Crippen molar-refractivity contribution in [2.45, 2.75) is 77.2 Å². The van der Waals surface area contributed by atoms with Crippen molar-refractivity contribution in [3.63, 3.8) is 0 Å². The van der Waals surface area contributed by atoms with Gasteiger partial charge in [-0.05, 0) is 50.9 Å². The van der Waals surface area contributed by atoms with E-state index in [1.807, 2.05) is 13.8 Å². The van der Waals surface area contributed by atoms with Crippen LogP contribution in [-0.4, -0.2) is 36.2 Å². The van der Waals surface area contributed by atoms with Crippen LogP contribution in [0.5, 0.6) is 0 Å². The van der Waals surface area contributed by atoms with Crippen LogP contribution in [-0.2, 0) is 24.0 Å². The molecule has 1 amide bonds. The number of carbonyl (C=O) groups is 1. The molecular weight excluding hydrogens is 310 g/mol. The van der Waals surface area contributed by atoms with Crippen LogP contribution in [0.1, 0.15) is 53.4 Å². The van der Waals surface area contributed by atoms with E-state index in [0.29, 0.717) is 18.4 Å². The molecule has 5 aliphatic rings. The van der Waals surface area contributed by atoms with Gasteiger partial charge in [-0.25, -0.2) is 9.78 Å². The van der Waals surface area contributed by atoms with Crippen LogP contribution in [0, 0.1) is 23.7 Å². The van der Waals surface area contributed by atoms with Crippen LogP contribution in [0.3, 0.4) is 0 Å². The van der Waals surface area contributed by atoms with Crippen molar-refractivity contribution >= 4 is 5.91 Å². The number of nitrogens with one attached hydrogen (secondary N) is 1. The highest BCUT2D eigenvalue weighted by Crippen LogP contribution is 2.60. The third-order valence-corrected chi connectivity index (χ3v) is 6.77. The lowest BCUT2D eigenvalue weighted by atomic mass is 9.57. The van der Waals surface area contributed by atoms with E-state index in [-0.39, 0.29) is 17.7 Å². The van der Waals surface area contributed by atoms with Crippen molar-refractivity contribution in [2.75, 3.05) is 6.54 Å². The first-order valence-corrected chi connectivity index (χ1v) is 9.39. The van der Waals surface area contributed by atoms with E-state index >= 15 is 0 Å². The largest absolute Gasteiger partial charge is 0.354 e. The first-order valence-electron chi connectivity index (χ1n) is 9.39. The van der Waals surface area contributed by atoms with Gasteiger partial charge in [0.15, 0.2) is 11.9 Å². The zero-order chi connectivity index (χ0) is 17.1. The Morgan fingerprint density at radius 2 is 1.96 bits per heavy atom. The van der Waals surface area contributed by atoms with Gasteiger partial charge < -0.3 is 14.8 Å². The highest BCUT2D eigenvalue weighted by molar-refractivity contribution is 5.81. The molecule has 136 valence electrons. The van der Waals surface area contributed by atoms with E-state index in [1.165, 1.54) is 0 Å². The van der Waals surface area contributed by atoms with Crippen molar-refractivity contribution in [3.8, 4) is 0 Å². The van der Waals surface area contributed by atoms with Crippen molar-refractivity contribution in [2.24, 2.45) is 23.7 Å². The Morgan fingerprint density at radius 3 is 2.71 bits per heavy atom. The van der Waals surface area contributed by atoms with E-state index < -0.39 is 23.8 Å². The van der Waals surface area contributed by atoms with Crippen molar-refractivity contribution in [1.29, 1.82) is 0 Å². The summed E-state index contributed by atoms with van der Waals surface area (Å²) in [5.41, 5.74) is -0.587. The predicted molar refractivity (Wildman–Crippen MR) is 85.5 cm³/mol. The van der Waals surface area contributed by atoms with Gasteiger partial charge in [0, 0.05) is 18.9 Å². The molecule has 6 heteroatoms. The highest BCUT2D eigenvalue weighted by atomic mass is 17.3. The molecule has 4 aliphatic heterocycles. The van der Waals surface area contributed by atoms with E-state index in [0.717, 1.165) is 25.7 Å². The topological polar surface area (TPSA) is 66.0 Å². The standard InChI is InChI=1S/C18H29NO5/c1-5-19-15(20)14-11(3)13-7-6-10(2)12-8-9-17(4)22-16(21-14)18(12,13)24-23-17/h10-14,16H,5-9H2,1-4H3,(H,19,20). The summed E-state index contributed by atoms with van der Waals surface area (Å²) in [5, 5.41) is 2.90. The van der Waals surface area contributed by atoms with E-state index in [1.54, 1.807) is 0 Å². The average Bonchev–Trinajstić information content (AvgIpc) is 2.77. The summed E-state index contributed by atoms with van der Waals surface area (Å²) in [7, 11) is 0. The molecule has 4 saturated heterocycles. The SMILES string of the molecule is CCNC(=O)C1OC2OC3(C)CCC4C(C)CCC(C1C)C24OO3. The van der Waals surface area contributed by atoms with Crippen LogP contribution < -0.4 is 5.32 Å². The van der Waals surface area contributed by atoms with Crippen LogP contribution in [0.15, 0.2) is 0 Å². The van der Waals surface area contributed by atoms with Crippen LogP contribution in [0.4, 0.5) is 0 Å². The molecule has 0 radical (unpaired) electrons. The fourth-order valence-corrected chi connectivity index (χ4v) is 5.48. The maximum Gasteiger partial charge on any atom is 0.249 e. The summed E-state index contributed by atoms with van der Waals surface area (Å²) < 4.78 is 12.5. The lowest BCUT2D eigenvalue weighted by molar-refractivity contribution is -0.569. The summed E-state index contributed by atoms with van der Waals surface area (Å²) >= 11 is 0. The summed E-state index contributed by atoms with van der Waals surface area (Å²) in [4.78, 5) is 24.3. The van der Waals surface area contributed by atoms with E-state index in [9.17, 15) is 4.79 Å². The van der Waals surface area contributed by atoms with Gasteiger partial charge in [-0.15, -0.1) is 0 Å². The first kappa shape index (κ1) is 16.8. The summed E-state index contributed by atoms with van der Waals surface area (Å²) in [5.74, 6) is 0.301. The number of rotatable bonds is 2. The summed E-state index contributed by atoms with van der Waals surface area (Å²) in [6.45, 7) is 8.82. The summed E-state index contributed by atoms with van der Waals surface area (Å²) in [6, 6.07) is 0. The van der Waals surface area contributed by atoms with Crippen molar-refractivity contribution < 1.29 is 24.0 Å². The third-order valence-electron chi connectivity index (χ3n) is 6.77. The van der Waals surface area contributed by atoms with Crippen molar-refractivity contribution in [3.05, 3.63) is 0 Å². The lowest BCUT2D eigenvalue weighted by Crippen LogP contribution is -2.71. The molecule has 1 saturated carbocycles. The second kappa shape index (κ2) is 5.66. The fourth-order valence-electron chi connectivity index (χ4n) is 5.48. The number of carbonyl (C=O) groups excluding carboxylic acids is 1. The Bertz CT molecular complexity index is 528. The smallest absolute Gasteiger partial charge is 0.249 e. The number of amides is 1. The van der Waals surface area contributed by atoms with Gasteiger partial charge in [0.2, 0.25) is 11.7 Å². The van der Waals surface area contributed by atoms with Crippen molar-refractivity contribution in [1.82, 2.24) is 5.32 Å². The molecule has 0 aromatic carbocycles. The zero-order valence-corrected chi connectivity index (χ0v) is 15.0. The molecule has 0 aromatic rings. The predicted octanol–water partition coefficient (Wildman–Crippen LogP) is 2.37. The van der Waals surface area contributed by atoms with E-state index in [2.05, 4.69) is 19.2 Å². The number of likely N-dealkylation sites (N-methyl/N-ethyl adjacent to an activating group) is 1. The monoisotopic (exact) mass is 339 g/mol. The third kappa shape index (κ3) is 2.19. The number of ether oxygens (including phenoxy) is 2. The molecule has 1 N–H and O–H groups in total. The second-order valence-corrected chi connectivity index (χ2v) is 8.22. The Morgan fingerprint density at radius 1 is 1.17 bits per heavy atom. The molecule has 5 rings (SSSR count). The number of hydrogen-bond donors (Lipinski definition) is 1. The minimum atomic E-state index is -0.788. The normalized spacial score (nSPS) is 53.2. The quantitative estimate of drug-likeness (QED) is 0.783. The molecule has 6 nitrogen and oxygen atoms in total. The Hall–Kier alpha value is -0.690. The Balaban J connectivity index is 1.73. The Kier molecular flexibility index (Phi) is 3.95. The van der Waals surface area contributed by atoms with Crippen LogP contribution >= 0.6 is 0 Å². The fraction of sp³-hybridized carbons (Fsp3) is 0.944. The molecule has 8 unspecified atom stereocenters. The molecule has 1 spiro atoms. The number of hydrogen-bond acceptors (Lipinski definition) is 5. The highest BCUT2D eigenvalue weighted by Gasteiger charge is 2.69. The molecule has 5 fully saturated rings. The molecule has 8 atom stereocenters. The van der Waals surface area contributed by atoms with Gasteiger partial charge in [-0.1, -0.05) is 13.8 Å². The molecular formula is C18H29NO5. The molecule has 1 aliphatic carbocycles.